The zero-order chi connectivity index (χ0) is 12.7. The van der Waals surface area contributed by atoms with Gasteiger partial charge in [0.15, 0.2) is 4.67 Å². The fourth-order valence-electron chi connectivity index (χ4n) is 1.86. The van der Waals surface area contributed by atoms with Crippen LogP contribution in [0, 0.1) is 0 Å². The molecule has 0 aliphatic rings. The quantitative estimate of drug-likeness (QED) is 0.679. The van der Waals surface area contributed by atoms with E-state index >= 15 is 0 Å². The SMILES string of the molecule is O=c1[nH]c2ccc(C(O)c3ccc(Br)o3)cc2[nH]1. The molecule has 2 heterocycles. The maximum Gasteiger partial charge on any atom is 0.323 e. The van der Waals surface area contributed by atoms with Crippen LogP contribution in [0.3, 0.4) is 0 Å². The Morgan fingerprint density at radius 2 is 1.94 bits per heavy atom. The number of benzene rings is 1. The third-order valence-corrected chi connectivity index (χ3v) is 3.15. The number of hydrogen-bond acceptors (Lipinski definition) is 3. The number of nitrogens with one attached hydrogen (secondary N) is 2. The first-order valence-corrected chi connectivity index (χ1v) is 6.08. The summed E-state index contributed by atoms with van der Waals surface area (Å²) >= 11 is 3.19. The molecule has 0 spiro atoms. The number of halogens is 1. The fraction of sp³-hybridized carbons (Fsp3) is 0.0833. The van der Waals surface area contributed by atoms with Crippen LogP contribution >= 0.6 is 15.9 Å². The van der Waals surface area contributed by atoms with Crippen molar-refractivity contribution >= 4 is 27.0 Å². The molecule has 1 unspecified atom stereocenters. The lowest BCUT2D eigenvalue weighted by Gasteiger charge is -2.07. The van der Waals surface area contributed by atoms with Gasteiger partial charge in [0, 0.05) is 0 Å². The summed E-state index contributed by atoms with van der Waals surface area (Å²) in [6.07, 6.45) is -0.862. The first-order chi connectivity index (χ1) is 8.63. The lowest BCUT2D eigenvalue weighted by Crippen LogP contribution is -1.99. The van der Waals surface area contributed by atoms with Gasteiger partial charge in [0.1, 0.15) is 11.9 Å². The van der Waals surface area contributed by atoms with E-state index in [4.69, 9.17) is 4.42 Å². The van der Waals surface area contributed by atoms with Crippen LogP contribution in [-0.4, -0.2) is 15.1 Å². The van der Waals surface area contributed by atoms with Crippen LogP contribution in [0.25, 0.3) is 11.0 Å². The highest BCUT2D eigenvalue weighted by Crippen LogP contribution is 2.27. The third-order valence-electron chi connectivity index (χ3n) is 2.72. The van der Waals surface area contributed by atoms with Crippen LogP contribution in [0.15, 0.2) is 44.2 Å². The first-order valence-electron chi connectivity index (χ1n) is 5.29. The molecule has 3 rings (SSSR count). The molecule has 0 radical (unpaired) electrons. The van der Waals surface area contributed by atoms with Gasteiger partial charge in [0.05, 0.1) is 11.0 Å². The van der Waals surface area contributed by atoms with E-state index in [1.807, 2.05) is 0 Å². The number of H-pyrrole nitrogens is 2. The minimum absolute atomic E-state index is 0.266. The van der Waals surface area contributed by atoms with Gasteiger partial charge in [-0.05, 0) is 45.8 Å². The molecule has 0 aliphatic carbocycles. The number of aliphatic hydroxyl groups excluding tert-OH is 1. The molecule has 3 aromatic rings. The van der Waals surface area contributed by atoms with Crippen LogP contribution in [0.4, 0.5) is 0 Å². The summed E-state index contributed by atoms with van der Waals surface area (Å²) in [6.45, 7) is 0. The van der Waals surface area contributed by atoms with Crippen molar-refractivity contribution < 1.29 is 9.52 Å². The molecular weight excluding hydrogens is 300 g/mol. The van der Waals surface area contributed by atoms with E-state index in [9.17, 15) is 9.90 Å². The van der Waals surface area contributed by atoms with Gasteiger partial charge >= 0.3 is 5.69 Å². The summed E-state index contributed by atoms with van der Waals surface area (Å²) in [7, 11) is 0. The average molecular weight is 309 g/mol. The van der Waals surface area contributed by atoms with Crippen molar-refractivity contribution in [3.05, 3.63) is 56.8 Å². The predicted octanol–water partition coefficient (Wildman–Crippen LogP) is 2.29. The van der Waals surface area contributed by atoms with Crippen molar-refractivity contribution in [2.24, 2.45) is 0 Å². The summed E-state index contributed by atoms with van der Waals surface area (Å²) in [4.78, 5) is 16.4. The monoisotopic (exact) mass is 308 g/mol. The van der Waals surface area contributed by atoms with E-state index in [0.29, 0.717) is 27.0 Å². The molecule has 18 heavy (non-hydrogen) atoms. The summed E-state index contributed by atoms with van der Waals surface area (Å²) in [6, 6.07) is 8.61. The number of aliphatic hydroxyl groups is 1. The minimum Gasteiger partial charge on any atom is -0.451 e. The fourth-order valence-corrected chi connectivity index (χ4v) is 2.18. The molecule has 0 bridgehead atoms. The van der Waals surface area contributed by atoms with Crippen LogP contribution in [0.2, 0.25) is 0 Å². The second-order valence-electron chi connectivity index (χ2n) is 3.93. The Kier molecular flexibility index (Phi) is 2.61. The molecule has 5 nitrogen and oxygen atoms in total. The lowest BCUT2D eigenvalue weighted by atomic mass is 10.1. The summed E-state index contributed by atoms with van der Waals surface area (Å²) in [5.74, 6) is 0.444. The van der Waals surface area contributed by atoms with Crippen molar-refractivity contribution in [2.45, 2.75) is 6.10 Å². The Balaban J connectivity index is 2.05. The number of imidazole rings is 1. The number of rotatable bonds is 2. The largest absolute Gasteiger partial charge is 0.451 e. The number of furan rings is 1. The molecule has 0 fully saturated rings. The van der Waals surface area contributed by atoms with E-state index in [1.54, 1.807) is 30.3 Å². The van der Waals surface area contributed by atoms with Crippen LogP contribution in [0.5, 0.6) is 0 Å². The molecule has 0 saturated carbocycles. The second kappa shape index (κ2) is 4.15. The number of hydrogen-bond donors (Lipinski definition) is 3. The van der Waals surface area contributed by atoms with Gasteiger partial charge in [-0.1, -0.05) is 6.07 Å². The van der Waals surface area contributed by atoms with Crippen LogP contribution in [-0.2, 0) is 0 Å². The zero-order valence-corrected chi connectivity index (χ0v) is 10.7. The van der Waals surface area contributed by atoms with Crippen LogP contribution in [0.1, 0.15) is 17.4 Å². The maximum absolute atomic E-state index is 11.1. The van der Waals surface area contributed by atoms with E-state index in [0.717, 1.165) is 0 Å². The van der Waals surface area contributed by atoms with E-state index in [-0.39, 0.29) is 5.69 Å². The van der Waals surface area contributed by atoms with Gasteiger partial charge in [0.2, 0.25) is 0 Å². The molecule has 3 N–H and O–H groups in total. The number of aromatic amines is 2. The molecule has 1 aromatic carbocycles. The van der Waals surface area contributed by atoms with Crippen molar-refractivity contribution in [3.8, 4) is 0 Å². The Hall–Kier alpha value is -1.79. The summed E-state index contributed by atoms with van der Waals surface area (Å²) < 4.78 is 5.87. The topological polar surface area (TPSA) is 82.0 Å². The Morgan fingerprint density at radius 1 is 1.17 bits per heavy atom. The Morgan fingerprint density at radius 3 is 2.67 bits per heavy atom. The minimum atomic E-state index is -0.862. The zero-order valence-electron chi connectivity index (χ0n) is 9.11. The highest BCUT2D eigenvalue weighted by molar-refractivity contribution is 9.10. The smallest absolute Gasteiger partial charge is 0.323 e. The standard InChI is InChI=1S/C12H9BrN2O3/c13-10-4-3-9(18-10)11(16)6-1-2-7-8(5-6)15-12(17)14-7/h1-5,11,16H,(H2,14,15,17). The first kappa shape index (κ1) is 11.3. The van der Waals surface area contributed by atoms with Crippen molar-refractivity contribution in [1.82, 2.24) is 9.97 Å². The maximum atomic E-state index is 11.1. The van der Waals surface area contributed by atoms with Gasteiger partial charge in [-0.15, -0.1) is 0 Å². The Labute approximate surface area is 110 Å². The molecule has 6 heteroatoms. The van der Waals surface area contributed by atoms with Gasteiger partial charge in [-0.2, -0.15) is 0 Å². The van der Waals surface area contributed by atoms with E-state index in [2.05, 4.69) is 25.9 Å². The molecule has 2 aromatic heterocycles. The number of aromatic nitrogens is 2. The normalized spacial score (nSPS) is 13.0. The summed E-state index contributed by atoms with van der Waals surface area (Å²) in [5, 5.41) is 10.2. The highest BCUT2D eigenvalue weighted by atomic mass is 79.9. The molecule has 0 aliphatic heterocycles. The molecule has 1 atom stereocenters. The average Bonchev–Trinajstić information content (AvgIpc) is 2.92. The summed E-state index contributed by atoms with van der Waals surface area (Å²) in [5.41, 5.74) is 1.75. The third kappa shape index (κ3) is 1.89. The van der Waals surface area contributed by atoms with E-state index in [1.165, 1.54) is 0 Å². The predicted molar refractivity (Wildman–Crippen MR) is 69.4 cm³/mol. The highest BCUT2D eigenvalue weighted by Gasteiger charge is 2.15. The molecule has 92 valence electrons. The van der Waals surface area contributed by atoms with Crippen molar-refractivity contribution in [3.63, 3.8) is 0 Å². The van der Waals surface area contributed by atoms with E-state index < -0.39 is 6.10 Å². The van der Waals surface area contributed by atoms with Crippen molar-refractivity contribution in [1.29, 1.82) is 0 Å². The number of fused-ring (bicyclic) bond motifs is 1. The lowest BCUT2D eigenvalue weighted by molar-refractivity contribution is 0.188. The van der Waals surface area contributed by atoms with Crippen LogP contribution < -0.4 is 5.69 Å². The molecule has 0 amide bonds. The van der Waals surface area contributed by atoms with Gasteiger partial charge in [0.25, 0.3) is 0 Å². The van der Waals surface area contributed by atoms with Gasteiger partial charge in [-0.25, -0.2) is 4.79 Å². The van der Waals surface area contributed by atoms with Gasteiger partial charge < -0.3 is 19.5 Å². The van der Waals surface area contributed by atoms with Gasteiger partial charge in [-0.3, -0.25) is 0 Å². The Bertz CT molecular complexity index is 756. The second-order valence-corrected chi connectivity index (χ2v) is 4.71. The van der Waals surface area contributed by atoms with Crippen molar-refractivity contribution in [2.75, 3.05) is 0 Å². The molecule has 0 saturated heterocycles. The molecular formula is C12H9BrN2O3.